The van der Waals surface area contributed by atoms with Crippen molar-refractivity contribution >= 4 is 24.8 Å². The average Bonchev–Trinajstić information content (AvgIpc) is 2.13. The van der Waals surface area contributed by atoms with Crippen LogP contribution in [0.3, 0.4) is 0 Å². The summed E-state index contributed by atoms with van der Waals surface area (Å²) >= 11 is 0. The van der Waals surface area contributed by atoms with E-state index in [0.29, 0.717) is 0 Å². The zero-order valence-electron chi connectivity index (χ0n) is 7.54. The molecule has 0 radical (unpaired) electrons. The predicted molar refractivity (Wildman–Crippen MR) is 56.8 cm³/mol. The third-order valence-electron chi connectivity index (χ3n) is 1.72. The molecule has 0 amide bonds. The molecule has 0 heterocycles. The third kappa shape index (κ3) is 3.53. The van der Waals surface area contributed by atoms with Gasteiger partial charge in [-0.1, -0.05) is 6.07 Å². The second kappa shape index (κ2) is 6.90. The molecule has 2 nitrogen and oxygen atoms in total. The third-order valence-corrected chi connectivity index (χ3v) is 1.72. The summed E-state index contributed by atoms with van der Waals surface area (Å²) in [7, 11) is 0. The van der Waals surface area contributed by atoms with Gasteiger partial charge in [-0.2, -0.15) is 0 Å². The van der Waals surface area contributed by atoms with Gasteiger partial charge in [-0.25, -0.2) is 13.2 Å². The molecule has 88 valence electrons. The topological polar surface area (TPSA) is 52.0 Å². The molecule has 0 aliphatic carbocycles. The van der Waals surface area contributed by atoms with E-state index < -0.39 is 23.5 Å². The van der Waals surface area contributed by atoms with Gasteiger partial charge in [0.2, 0.25) is 0 Å². The summed E-state index contributed by atoms with van der Waals surface area (Å²) in [6.07, 6.45) is 0. The standard InChI is InChI=1S/C8H9F3N2.2ClH/c9-5-2-1-4(6(13)3-12)7(10)8(5)11;;/h1-2,6H,3,12-13H2;2*1H/t6-;;/m0../s1. The fourth-order valence-corrected chi connectivity index (χ4v) is 0.954. The van der Waals surface area contributed by atoms with E-state index in [1.807, 2.05) is 0 Å². The maximum absolute atomic E-state index is 12.9. The summed E-state index contributed by atoms with van der Waals surface area (Å²) < 4.78 is 38.0. The van der Waals surface area contributed by atoms with Gasteiger partial charge in [-0.15, -0.1) is 24.8 Å². The summed E-state index contributed by atoms with van der Waals surface area (Å²) in [5.74, 6) is -4.01. The van der Waals surface area contributed by atoms with E-state index in [1.165, 1.54) is 0 Å². The summed E-state index contributed by atoms with van der Waals surface area (Å²) in [5, 5.41) is 0. The Bertz CT molecular complexity index is 323. The van der Waals surface area contributed by atoms with Gasteiger partial charge in [0.1, 0.15) is 0 Å². The molecule has 0 bridgehead atoms. The first-order valence-corrected chi connectivity index (χ1v) is 3.67. The van der Waals surface area contributed by atoms with Gasteiger partial charge >= 0.3 is 0 Å². The normalized spacial score (nSPS) is 11.3. The lowest BCUT2D eigenvalue weighted by Crippen LogP contribution is -2.22. The Morgan fingerprint density at radius 3 is 2.07 bits per heavy atom. The van der Waals surface area contributed by atoms with Gasteiger partial charge in [-0.3, -0.25) is 0 Å². The monoisotopic (exact) mass is 262 g/mol. The highest BCUT2D eigenvalue weighted by Gasteiger charge is 2.16. The van der Waals surface area contributed by atoms with Crippen molar-refractivity contribution in [2.45, 2.75) is 6.04 Å². The van der Waals surface area contributed by atoms with Gasteiger partial charge in [0.05, 0.1) is 0 Å². The van der Waals surface area contributed by atoms with Crippen LogP contribution in [0.25, 0.3) is 0 Å². The number of rotatable bonds is 2. The van der Waals surface area contributed by atoms with Crippen LogP contribution in [0.2, 0.25) is 0 Å². The molecular weight excluding hydrogens is 252 g/mol. The molecule has 0 fully saturated rings. The lowest BCUT2D eigenvalue weighted by Gasteiger charge is -2.10. The second-order valence-electron chi connectivity index (χ2n) is 2.61. The zero-order chi connectivity index (χ0) is 10.0. The van der Waals surface area contributed by atoms with Crippen molar-refractivity contribution in [3.63, 3.8) is 0 Å². The molecule has 0 saturated heterocycles. The molecule has 1 aromatic carbocycles. The van der Waals surface area contributed by atoms with Crippen molar-refractivity contribution in [1.82, 2.24) is 0 Å². The van der Waals surface area contributed by atoms with Gasteiger partial charge < -0.3 is 11.5 Å². The molecule has 0 aliphatic heterocycles. The van der Waals surface area contributed by atoms with Gasteiger partial charge in [0, 0.05) is 18.2 Å². The highest BCUT2D eigenvalue weighted by atomic mass is 35.5. The lowest BCUT2D eigenvalue weighted by atomic mass is 10.1. The quantitative estimate of drug-likeness (QED) is 0.801. The second-order valence-corrected chi connectivity index (χ2v) is 2.61. The molecule has 4 N–H and O–H groups in total. The molecule has 15 heavy (non-hydrogen) atoms. The van der Waals surface area contributed by atoms with Crippen LogP contribution in [0.1, 0.15) is 11.6 Å². The zero-order valence-corrected chi connectivity index (χ0v) is 9.18. The maximum Gasteiger partial charge on any atom is 0.194 e. The minimum Gasteiger partial charge on any atom is -0.329 e. The van der Waals surface area contributed by atoms with Crippen LogP contribution in [-0.4, -0.2) is 6.54 Å². The van der Waals surface area contributed by atoms with Crippen molar-refractivity contribution in [2.24, 2.45) is 11.5 Å². The Labute approximate surface area is 97.6 Å². The van der Waals surface area contributed by atoms with E-state index in [0.717, 1.165) is 12.1 Å². The van der Waals surface area contributed by atoms with Crippen LogP contribution in [0.5, 0.6) is 0 Å². The molecule has 0 aromatic heterocycles. The Morgan fingerprint density at radius 1 is 1.07 bits per heavy atom. The maximum atomic E-state index is 12.9. The lowest BCUT2D eigenvalue weighted by molar-refractivity contribution is 0.436. The average molecular weight is 263 g/mol. The van der Waals surface area contributed by atoms with Crippen molar-refractivity contribution in [3.05, 3.63) is 35.1 Å². The minimum atomic E-state index is -1.51. The van der Waals surface area contributed by atoms with E-state index in [1.54, 1.807) is 0 Å². The first kappa shape index (κ1) is 16.9. The van der Waals surface area contributed by atoms with E-state index in [2.05, 4.69) is 0 Å². The molecule has 1 atom stereocenters. The largest absolute Gasteiger partial charge is 0.329 e. The smallest absolute Gasteiger partial charge is 0.194 e. The van der Waals surface area contributed by atoms with E-state index in [9.17, 15) is 13.2 Å². The number of nitrogens with two attached hydrogens (primary N) is 2. The summed E-state index contributed by atoms with van der Waals surface area (Å²) in [4.78, 5) is 0. The number of hydrogen-bond acceptors (Lipinski definition) is 2. The van der Waals surface area contributed by atoms with Crippen molar-refractivity contribution in [1.29, 1.82) is 0 Å². The summed E-state index contributed by atoms with van der Waals surface area (Å²) in [6, 6.07) is 1.10. The minimum absolute atomic E-state index is 0. The fourth-order valence-electron chi connectivity index (χ4n) is 0.954. The molecule has 0 unspecified atom stereocenters. The van der Waals surface area contributed by atoms with Crippen molar-refractivity contribution < 1.29 is 13.2 Å². The molecule has 1 rings (SSSR count). The van der Waals surface area contributed by atoms with Gasteiger partial charge in [0.15, 0.2) is 17.5 Å². The number of hydrogen-bond donors (Lipinski definition) is 2. The molecule has 1 aromatic rings. The SMILES string of the molecule is Cl.Cl.NC[C@H](N)c1ccc(F)c(F)c1F. The number of benzene rings is 1. The molecule has 0 spiro atoms. The predicted octanol–water partition coefficient (Wildman–Crippen LogP) is 1.91. The molecule has 7 heteroatoms. The fraction of sp³-hybridized carbons (Fsp3) is 0.250. The van der Waals surface area contributed by atoms with Gasteiger partial charge in [0.25, 0.3) is 0 Å². The van der Waals surface area contributed by atoms with Crippen molar-refractivity contribution in [3.8, 4) is 0 Å². The van der Waals surface area contributed by atoms with Crippen LogP contribution >= 0.6 is 24.8 Å². The van der Waals surface area contributed by atoms with E-state index >= 15 is 0 Å². The van der Waals surface area contributed by atoms with E-state index in [-0.39, 0.29) is 36.9 Å². The summed E-state index contributed by atoms with van der Waals surface area (Å²) in [5.41, 5.74) is 10.4. The summed E-state index contributed by atoms with van der Waals surface area (Å²) in [6.45, 7) is -0.0258. The van der Waals surface area contributed by atoms with Crippen LogP contribution in [0, 0.1) is 17.5 Å². The van der Waals surface area contributed by atoms with Crippen LogP contribution in [0.15, 0.2) is 12.1 Å². The van der Waals surface area contributed by atoms with Crippen molar-refractivity contribution in [2.75, 3.05) is 6.54 Å². The molecular formula is C8H11Cl2F3N2. The Hall–Kier alpha value is -0.490. The Morgan fingerprint density at radius 2 is 1.60 bits per heavy atom. The van der Waals surface area contributed by atoms with Crippen LogP contribution in [-0.2, 0) is 0 Å². The van der Waals surface area contributed by atoms with Crippen LogP contribution < -0.4 is 11.5 Å². The van der Waals surface area contributed by atoms with E-state index in [4.69, 9.17) is 11.5 Å². The number of halogens is 5. The van der Waals surface area contributed by atoms with Crippen LogP contribution in [0.4, 0.5) is 13.2 Å². The highest BCUT2D eigenvalue weighted by Crippen LogP contribution is 2.19. The highest BCUT2D eigenvalue weighted by molar-refractivity contribution is 5.85. The van der Waals surface area contributed by atoms with Gasteiger partial charge in [-0.05, 0) is 6.07 Å². The Kier molecular flexibility index (Phi) is 7.78. The molecule has 0 aliphatic rings. The Balaban J connectivity index is 0. The first-order valence-electron chi connectivity index (χ1n) is 3.67. The first-order chi connectivity index (χ1) is 6.07. The molecule has 0 saturated carbocycles.